The molecule has 0 spiro atoms. The summed E-state index contributed by atoms with van der Waals surface area (Å²) >= 11 is 7.85. The van der Waals surface area contributed by atoms with Gasteiger partial charge in [0, 0.05) is 37.3 Å². The van der Waals surface area contributed by atoms with E-state index in [0.29, 0.717) is 24.5 Å². The van der Waals surface area contributed by atoms with Gasteiger partial charge in [-0.3, -0.25) is 4.79 Å². The van der Waals surface area contributed by atoms with E-state index in [-0.39, 0.29) is 5.91 Å². The Morgan fingerprint density at radius 1 is 1.24 bits per heavy atom. The summed E-state index contributed by atoms with van der Waals surface area (Å²) in [6.07, 6.45) is 0. The van der Waals surface area contributed by atoms with Crippen LogP contribution in [0.15, 0.2) is 22.7 Å². The van der Waals surface area contributed by atoms with Crippen LogP contribution in [0.2, 0.25) is 5.02 Å². The molecule has 0 radical (unpaired) electrons. The fraction of sp³-hybridized carbons (Fsp3) is 0.353. The first-order valence-electron chi connectivity index (χ1n) is 8.06. The minimum Gasteiger partial charge on any atom is -0.351 e. The van der Waals surface area contributed by atoms with Crippen LogP contribution in [-0.4, -0.2) is 47.1 Å². The first-order chi connectivity index (χ1) is 12.0. The summed E-state index contributed by atoms with van der Waals surface area (Å²) in [6.45, 7) is 6.54. The second-order valence-electron chi connectivity index (χ2n) is 6.13. The van der Waals surface area contributed by atoms with E-state index in [9.17, 15) is 4.79 Å². The van der Waals surface area contributed by atoms with Gasteiger partial charge in [-0.15, -0.1) is 0 Å². The van der Waals surface area contributed by atoms with E-state index >= 15 is 0 Å². The number of hydrogen-bond acceptors (Lipinski definition) is 6. The molecule has 0 saturated carbocycles. The summed E-state index contributed by atoms with van der Waals surface area (Å²) in [4.78, 5) is 21.2. The van der Waals surface area contributed by atoms with Gasteiger partial charge in [0.2, 0.25) is 5.76 Å². The molecule has 1 saturated heterocycles. The summed E-state index contributed by atoms with van der Waals surface area (Å²) < 4.78 is 6.21. The van der Waals surface area contributed by atoms with Gasteiger partial charge >= 0.3 is 0 Å². The molecular formula is C17H17ClN4O2S. The molecule has 0 bridgehead atoms. The molecule has 1 aliphatic rings. The van der Waals surface area contributed by atoms with Crippen LogP contribution in [0.25, 0.3) is 10.2 Å². The van der Waals surface area contributed by atoms with Crippen molar-refractivity contribution in [2.24, 2.45) is 0 Å². The predicted molar refractivity (Wildman–Crippen MR) is 98.7 cm³/mol. The van der Waals surface area contributed by atoms with Crippen LogP contribution in [-0.2, 0) is 0 Å². The minimum absolute atomic E-state index is 0.104. The zero-order valence-corrected chi connectivity index (χ0v) is 15.5. The molecule has 1 aromatic carbocycles. The summed E-state index contributed by atoms with van der Waals surface area (Å²) in [5, 5.41) is 5.50. The molecule has 2 aromatic heterocycles. The van der Waals surface area contributed by atoms with Gasteiger partial charge in [-0.2, -0.15) is 0 Å². The van der Waals surface area contributed by atoms with Crippen molar-refractivity contribution in [2.75, 3.05) is 31.1 Å². The zero-order valence-electron chi connectivity index (χ0n) is 14.0. The van der Waals surface area contributed by atoms with Gasteiger partial charge in [0.05, 0.1) is 15.9 Å². The molecule has 0 atom stereocenters. The van der Waals surface area contributed by atoms with Gasteiger partial charge in [0.25, 0.3) is 5.91 Å². The van der Waals surface area contributed by atoms with E-state index in [0.717, 1.165) is 39.0 Å². The van der Waals surface area contributed by atoms with E-state index in [2.05, 4.69) is 10.1 Å². The zero-order chi connectivity index (χ0) is 17.6. The minimum atomic E-state index is -0.104. The SMILES string of the molecule is Cc1cc(C(=O)N2CCN(c3nc4c(C)c(Cl)ccc4s3)CC2)on1. The standard InChI is InChI=1S/C17H17ClN4O2S/c1-10-9-13(24-20-10)16(23)21-5-7-22(8-6-21)17-19-15-11(2)12(18)3-4-14(15)25-17/h3-4,9H,5-8H2,1-2H3. The van der Waals surface area contributed by atoms with Gasteiger partial charge in [-0.1, -0.05) is 28.1 Å². The molecule has 130 valence electrons. The fourth-order valence-electron chi connectivity index (χ4n) is 2.95. The van der Waals surface area contributed by atoms with Gasteiger partial charge in [-0.05, 0) is 31.5 Å². The third kappa shape index (κ3) is 2.98. The van der Waals surface area contributed by atoms with E-state index in [1.165, 1.54) is 0 Å². The van der Waals surface area contributed by atoms with Crippen LogP contribution in [0.3, 0.4) is 0 Å². The molecule has 0 unspecified atom stereocenters. The van der Waals surface area contributed by atoms with E-state index in [1.54, 1.807) is 29.2 Å². The van der Waals surface area contributed by atoms with Crippen LogP contribution < -0.4 is 4.90 Å². The number of thiazole rings is 1. The van der Waals surface area contributed by atoms with Crippen molar-refractivity contribution < 1.29 is 9.32 Å². The number of halogens is 1. The molecule has 1 aliphatic heterocycles. The molecule has 8 heteroatoms. The lowest BCUT2D eigenvalue weighted by molar-refractivity contribution is 0.0704. The highest BCUT2D eigenvalue weighted by Gasteiger charge is 2.26. The molecule has 3 heterocycles. The van der Waals surface area contributed by atoms with E-state index < -0.39 is 0 Å². The quantitative estimate of drug-likeness (QED) is 0.684. The van der Waals surface area contributed by atoms with Crippen molar-refractivity contribution in [3.8, 4) is 0 Å². The van der Waals surface area contributed by atoms with Crippen molar-refractivity contribution in [3.05, 3.63) is 40.2 Å². The van der Waals surface area contributed by atoms with E-state index in [4.69, 9.17) is 21.1 Å². The second kappa shape index (κ2) is 6.31. The Labute approximate surface area is 154 Å². The molecule has 1 fully saturated rings. The van der Waals surface area contributed by atoms with Gasteiger partial charge < -0.3 is 14.3 Å². The Bertz CT molecular complexity index is 943. The van der Waals surface area contributed by atoms with Crippen molar-refractivity contribution >= 4 is 44.2 Å². The first kappa shape index (κ1) is 16.4. The van der Waals surface area contributed by atoms with Gasteiger partial charge in [-0.25, -0.2) is 4.98 Å². The lowest BCUT2D eigenvalue weighted by Crippen LogP contribution is -2.48. The normalized spacial score (nSPS) is 15.2. The Morgan fingerprint density at radius 2 is 2.00 bits per heavy atom. The Kier molecular flexibility index (Phi) is 4.13. The number of aryl methyl sites for hydroxylation is 2. The van der Waals surface area contributed by atoms with Crippen LogP contribution in [0.1, 0.15) is 21.8 Å². The number of amides is 1. The maximum Gasteiger partial charge on any atom is 0.292 e. The molecular weight excluding hydrogens is 360 g/mol. The number of carbonyl (C=O) groups excluding carboxylic acids is 1. The number of benzene rings is 1. The highest BCUT2D eigenvalue weighted by Crippen LogP contribution is 2.33. The molecule has 0 aliphatic carbocycles. The summed E-state index contributed by atoms with van der Waals surface area (Å²) in [6, 6.07) is 5.60. The Balaban J connectivity index is 1.48. The molecule has 3 aromatic rings. The van der Waals surface area contributed by atoms with Crippen LogP contribution >= 0.6 is 22.9 Å². The van der Waals surface area contributed by atoms with Crippen LogP contribution in [0.5, 0.6) is 0 Å². The second-order valence-corrected chi connectivity index (χ2v) is 7.54. The Hall–Kier alpha value is -2.12. The molecule has 6 nitrogen and oxygen atoms in total. The van der Waals surface area contributed by atoms with Crippen LogP contribution in [0.4, 0.5) is 5.13 Å². The number of piperazine rings is 1. The molecule has 4 rings (SSSR count). The average Bonchev–Trinajstić information content (AvgIpc) is 3.24. The maximum absolute atomic E-state index is 12.4. The monoisotopic (exact) mass is 376 g/mol. The summed E-state index contributed by atoms with van der Waals surface area (Å²) in [5.41, 5.74) is 2.69. The lowest BCUT2D eigenvalue weighted by atomic mass is 10.2. The third-order valence-corrected chi connectivity index (χ3v) is 5.90. The largest absolute Gasteiger partial charge is 0.351 e. The first-order valence-corrected chi connectivity index (χ1v) is 9.25. The van der Waals surface area contributed by atoms with Gasteiger partial charge in [0.1, 0.15) is 0 Å². The highest BCUT2D eigenvalue weighted by atomic mass is 35.5. The number of hydrogen-bond donors (Lipinski definition) is 0. The topological polar surface area (TPSA) is 62.5 Å². The third-order valence-electron chi connectivity index (χ3n) is 4.41. The number of carbonyl (C=O) groups is 1. The lowest BCUT2D eigenvalue weighted by Gasteiger charge is -2.33. The van der Waals surface area contributed by atoms with Crippen LogP contribution in [0, 0.1) is 13.8 Å². The smallest absolute Gasteiger partial charge is 0.292 e. The van der Waals surface area contributed by atoms with E-state index in [1.807, 2.05) is 19.1 Å². The molecule has 0 N–H and O–H groups in total. The number of aromatic nitrogens is 2. The van der Waals surface area contributed by atoms with Crippen molar-refractivity contribution in [2.45, 2.75) is 13.8 Å². The van der Waals surface area contributed by atoms with Crippen molar-refractivity contribution in [3.63, 3.8) is 0 Å². The number of rotatable bonds is 2. The summed E-state index contributed by atoms with van der Waals surface area (Å²) in [5.74, 6) is 0.198. The Morgan fingerprint density at radius 3 is 2.68 bits per heavy atom. The molecule has 25 heavy (non-hydrogen) atoms. The average molecular weight is 377 g/mol. The number of fused-ring (bicyclic) bond motifs is 1. The highest BCUT2D eigenvalue weighted by molar-refractivity contribution is 7.22. The number of nitrogens with zero attached hydrogens (tertiary/aromatic N) is 4. The maximum atomic E-state index is 12.4. The number of anilines is 1. The molecule has 1 amide bonds. The predicted octanol–water partition coefficient (Wildman–Crippen LogP) is 3.52. The fourth-order valence-corrected chi connectivity index (χ4v) is 4.17. The van der Waals surface area contributed by atoms with Crippen molar-refractivity contribution in [1.82, 2.24) is 15.0 Å². The van der Waals surface area contributed by atoms with Gasteiger partial charge in [0.15, 0.2) is 5.13 Å². The summed E-state index contributed by atoms with van der Waals surface area (Å²) in [7, 11) is 0. The van der Waals surface area contributed by atoms with Crippen molar-refractivity contribution in [1.29, 1.82) is 0 Å².